The molecule has 2 fully saturated rings. The number of hydrogen-bond acceptors (Lipinski definition) is 5. The van der Waals surface area contributed by atoms with Crippen LogP contribution in [0.4, 0.5) is 0 Å². The van der Waals surface area contributed by atoms with Crippen LogP contribution in [-0.2, 0) is 20.7 Å². The van der Waals surface area contributed by atoms with Gasteiger partial charge in [0.05, 0.1) is 24.3 Å². The van der Waals surface area contributed by atoms with Crippen LogP contribution in [0, 0.1) is 5.92 Å². The average molecular weight is 464 g/mol. The van der Waals surface area contributed by atoms with Crippen molar-refractivity contribution in [3.05, 3.63) is 70.8 Å². The van der Waals surface area contributed by atoms with Gasteiger partial charge in [-0.05, 0) is 48.4 Å². The highest BCUT2D eigenvalue weighted by Crippen LogP contribution is 2.40. The number of Topliss-reactive ketones (excluding diaryl/α,β-unsaturated/α-hetero) is 1. The zero-order valence-corrected chi connectivity index (χ0v) is 20.1. The second kappa shape index (κ2) is 10.4. The molecule has 4 rings (SSSR count). The summed E-state index contributed by atoms with van der Waals surface area (Å²) in [5.74, 6) is -0.503. The molecule has 0 spiro atoms. The Morgan fingerprint density at radius 2 is 1.94 bits per heavy atom. The van der Waals surface area contributed by atoms with E-state index < -0.39 is 17.7 Å². The number of hydrogen-bond donors (Lipinski definition) is 1. The topological polar surface area (TPSA) is 76.1 Å². The maximum atomic E-state index is 13.2. The van der Waals surface area contributed by atoms with Gasteiger partial charge in [-0.3, -0.25) is 9.59 Å². The molecule has 6 nitrogen and oxygen atoms in total. The molecule has 1 amide bonds. The smallest absolute Gasteiger partial charge is 0.295 e. The van der Waals surface area contributed by atoms with Crippen LogP contribution in [0.15, 0.2) is 54.1 Å². The van der Waals surface area contributed by atoms with E-state index in [4.69, 9.17) is 9.47 Å². The van der Waals surface area contributed by atoms with Crippen molar-refractivity contribution in [1.82, 2.24) is 4.90 Å². The van der Waals surface area contributed by atoms with Crippen LogP contribution < -0.4 is 4.74 Å². The van der Waals surface area contributed by atoms with Crippen LogP contribution in [0.1, 0.15) is 56.3 Å². The van der Waals surface area contributed by atoms with Gasteiger partial charge in [0, 0.05) is 18.7 Å². The van der Waals surface area contributed by atoms with Gasteiger partial charge in [0.1, 0.15) is 11.5 Å². The van der Waals surface area contributed by atoms with Gasteiger partial charge in [-0.25, -0.2) is 0 Å². The third-order valence-electron chi connectivity index (χ3n) is 6.36. The third-order valence-corrected chi connectivity index (χ3v) is 6.36. The highest BCUT2D eigenvalue weighted by molar-refractivity contribution is 6.46. The Morgan fingerprint density at radius 1 is 1.18 bits per heavy atom. The fourth-order valence-electron chi connectivity index (χ4n) is 4.51. The van der Waals surface area contributed by atoms with Gasteiger partial charge in [-0.15, -0.1) is 0 Å². The Balaban J connectivity index is 1.76. The number of ether oxygens (including phenoxy) is 2. The number of nitrogens with zero attached hydrogens (tertiary/aromatic N) is 1. The predicted octanol–water partition coefficient (Wildman–Crippen LogP) is 4.88. The van der Waals surface area contributed by atoms with Crippen molar-refractivity contribution in [2.75, 3.05) is 19.8 Å². The molecule has 2 unspecified atom stereocenters. The zero-order chi connectivity index (χ0) is 24.2. The van der Waals surface area contributed by atoms with Crippen LogP contribution in [0.5, 0.6) is 5.75 Å². The molecule has 2 heterocycles. The Bertz CT molecular complexity index is 1070. The third kappa shape index (κ3) is 5.02. The Hall–Kier alpha value is -3.12. The number of ketones is 1. The summed E-state index contributed by atoms with van der Waals surface area (Å²) in [6, 6.07) is 14.2. The summed E-state index contributed by atoms with van der Waals surface area (Å²) in [4.78, 5) is 27.9. The van der Waals surface area contributed by atoms with E-state index in [-0.39, 0.29) is 17.4 Å². The zero-order valence-electron chi connectivity index (χ0n) is 20.1. The van der Waals surface area contributed by atoms with Crippen LogP contribution >= 0.6 is 0 Å². The fraction of sp³-hybridized carbons (Fsp3) is 0.429. The first-order valence-electron chi connectivity index (χ1n) is 12.1. The minimum absolute atomic E-state index is 0.105. The van der Waals surface area contributed by atoms with E-state index in [1.54, 1.807) is 23.1 Å². The van der Waals surface area contributed by atoms with Gasteiger partial charge >= 0.3 is 0 Å². The first-order valence-corrected chi connectivity index (χ1v) is 12.1. The second-order valence-corrected chi connectivity index (χ2v) is 9.41. The fourth-order valence-corrected chi connectivity index (χ4v) is 4.51. The molecule has 0 bridgehead atoms. The molecule has 2 saturated heterocycles. The molecule has 2 aromatic carbocycles. The number of benzene rings is 2. The summed E-state index contributed by atoms with van der Waals surface area (Å²) in [7, 11) is 0. The molecule has 6 heteroatoms. The number of rotatable bonds is 8. The lowest BCUT2D eigenvalue weighted by Crippen LogP contribution is -2.36. The highest BCUT2D eigenvalue weighted by atomic mass is 16.5. The number of aliphatic hydroxyl groups is 1. The standard InChI is InChI=1S/C28H33NO5/c1-4-19-10-12-20(13-11-19)25-24(27(31)28(32)29(25)16-23-9-6-14-33-23)26(30)21-7-5-8-22(15-21)34-17-18(2)3/h5,7-8,10-13,15,18,23,25,30H,4,6,9,14,16-17H2,1-3H3/b26-24-. The van der Waals surface area contributed by atoms with E-state index in [2.05, 4.69) is 20.8 Å². The number of aryl methyl sites for hydroxylation is 1. The first kappa shape index (κ1) is 24.0. The van der Waals surface area contributed by atoms with Gasteiger partial charge in [0.2, 0.25) is 0 Å². The summed E-state index contributed by atoms with van der Waals surface area (Å²) in [6.07, 6.45) is 2.57. The minimum Gasteiger partial charge on any atom is -0.507 e. The molecule has 2 atom stereocenters. The molecule has 2 aliphatic heterocycles. The van der Waals surface area contributed by atoms with E-state index in [1.165, 1.54) is 0 Å². The van der Waals surface area contributed by atoms with E-state index in [0.717, 1.165) is 30.4 Å². The average Bonchev–Trinajstić information content (AvgIpc) is 3.45. The molecular formula is C28H33NO5. The summed E-state index contributed by atoms with van der Waals surface area (Å²) >= 11 is 0. The number of likely N-dealkylation sites (tertiary alicyclic amines) is 1. The molecule has 1 N–H and O–H groups in total. The van der Waals surface area contributed by atoms with Gasteiger partial charge in [0.25, 0.3) is 11.7 Å². The molecule has 2 aromatic rings. The summed E-state index contributed by atoms with van der Waals surface area (Å²) in [5, 5.41) is 11.3. The van der Waals surface area contributed by atoms with Gasteiger partial charge in [0.15, 0.2) is 0 Å². The predicted molar refractivity (Wildman–Crippen MR) is 131 cm³/mol. The number of carbonyl (C=O) groups excluding carboxylic acids is 2. The normalized spacial score (nSPS) is 22.1. The minimum atomic E-state index is -0.673. The van der Waals surface area contributed by atoms with Crippen LogP contribution in [0.2, 0.25) is 0 Å². The van der Waals surface area contributed by atoms with E-state index in [1.807, 2.05) is 30.3 Å². The summed E-state index contributed by atoms with van der Waals surface area (Å²) < 4.78 is 11.6. The van der Waals surface area contributed by atoms with Gasteiger partial charge in [-0.1, -0.05) is 57.2 Å². The SMILES string of the molecule is CCc1ccc(C2/C(=C(/O)c3cccc(OCC(C)C)c3)C(=O)C(=O)N2CC2CCCO2)cc1. The summed E-state index contributed by atoms with van der Waals surface area (Å²) in [5.41, 5.74) is 2.51. The van der Waals surface area contributed by atoms with Gasteiger partial charge in [-0.2, -0.15) is 0 Å². The highest BCUT2D eigenvalue weighted by Gasteiger charge is 2.47. The monoisotopic (exact) mass is 463 g/mol. The molecule has 0 aromatic heterocycles. The van der Waals surface area contributed by atoms with E-state index in [9.17, 15) is 14.7 Å². The maximum Gasteiger partial charge on any atom is 0.295 e. The molecule has 34 heavy (non-hydrogen) atoms. The summed E-state index contributed by atoms with van der Waals surface area (Å²) in [6.45, 7) is 7.71. The first-order chi connectivity index (χ1) is 16.4. The Labute approximate surface area is 201 Å². The largest absolute Gasteiger partial charge is 0.507 e. The van der Waals surface area contributed by atoms with Crippen molar-refractivity contribution < 1.29 is 24.2 Å². The molecule has 0 saturated carbocycles. The number of carbonyl (C=O) groups is 2. The van der Waals surface area contributed by atoms with Crippen LogP contribution in [-0.4, -0.2) is 47.6 Å². The van der Waals surface area contributed by atoms with Crippen LogP contribution in [0.3, 0.4) is 0 Å². The van der Waals surface area contributed by atoms with Crippen molar-refractivity contribution in [3.8, 4) is 5.75 Å². The molecule has 2 aliphatic rings. The van der Waals surface area contributed by atoms with Crippen molar-refractivity contribution >= 4 is 17.4 Å². The van der Waals surface area contributed by atoms with Crippen molar-refractivity contribution in [3.63, 3.8) is 0 Å². The second-order valence-electron chi connectivity index (χ2n) is 9.41. The molecule has 0 aliphatic carbocycles. The molecular weight excluding hydrogens is 430 g/mol. The lowest BCUT2D eigenvalue weighted by atomic mass is 9.94. The lowest BCUT2D eigenvalue weighted by molar-refractivity contribution is -0.140. The van der Waals surface area contributed by atoms with E-state index in [0.29, 0.717) is 37.0 Å². The van der Waals surface area contributed by atoms with Crippen molar-refractivity contribution in [1.29, 1.82) is 0 Å². The maximum absolute atomic E-state index is 13.2. The quantitative estimate of drug-likeness (QED) is 0.343. The van der Waals surface area contributed by atoms with Gasteiger partial charge < -0.3 is 19.5 Å². The molecule has 0 radical (unpaired) electrons. The lowest BCUT2D eigenvalue weighted by Gasteiger charge is -2.27. The number of aliphatic hydroxyl groups excluding tert-OH is 1. The Morgan fingerprint density at radius 3 is 2.59 bits per heavy atom. The number of amides is 1. The van der Waals surface area contributed by atoms with Crippen LogP contribution in [0.25, 0.3) is 5.76 Å². The Kier molecular flexibility index (Phi) is 7.37. The van der Waals surface area contributed by atoms with E-state index >= 15 is 0 Å². The molecule has 180 valence electrons. The van der Waals surface area contributed by atoms with Crippen molar-refractivity contribution in [2.45, 2.75) is 52.2 Å². The van der Waals surface area contributed by atoms with Crippen molar-refractivity contribution in [2.24, 2.45) is 5.92 Å².